The monoisotopic (exact) mass is 312 g/mol. The minimum absolute atomic E-state index is 0.375. The van der Waals surface area contributed by atoms with Crippen molar-refractivity contribution in [2.45, 2.75) is 110 Å². The molecule has 0 aliphatic rings. The SMILES string of the molecule is CCCCCCCCCCCCCCCCC.O[B]O[B]O. The molecule has 5 heteroatoms. The van der Waals surface area contributed by atoms with Gasteiger partial charge in [0.15, 0.2) is 0 Å². The summed E-state index contributed by atoms with van der Waals surface area (Å²) in [5, 5.41) is 15.1. The fourth-order valence-electron chi connectivity index (χ4n) is 2.47. The molecule has 0 aliphatic carbocycles. The molecular formula is C17H38B2O3. The molecule has 0 heterocycles. The smallest absolute Gasteiger partial charge is 0.456 e. The summed E-state index contributed by atoms with van der Waals surface area (Å²) in [6.07, 6.45) is 21.9. The van der Waals surface area contributed by atoms with Crippen LogP contribution in [0, 0.1) is 0 Å². The van der Waals surface area contributed by atoms with Crippen LogP contribution in [0.25, 0.3) is 0 Å². The molecule has 0 aromatic rings. The maximum Gasteiger partial charge on any atom is 0.469 e. The van der Waals surface area contributed by atoms with Gasteiger partial charge in [0, 0.05) is 0 Å². The second kappa shape index (κ2) is 25.9. The van der Waals surface area contributed by atoms with E-state index in [2.05, 4.69) is 18.4 Å². The highest BCUT2D eigenvalue weighted by atomic mass is 16.5. The quantitative estimate of drug-likeness (QED) is 0.314. The highest BCUT2D eigenvalue weighted by Gasteiger charge is 1.93. The van der Waals surface area contributed by atoms with Crippen LogP contribution in [0.15, 0.2) is 0 Å². The Labute approximate surface area is 140 Å². The molecule has 0 unspecified atom stereocenters. The summed E-state index contributed by atoms with van der Waals surface area (Å²) < 4.78 is 3.69. The zero-order valence-electron chi connectivity index (χ0n) is 15.1. The Hall–Kier alpha value is 0.00987. The first-order chi connectivity index (χ1) is 10.8. The fraction of sp³-hybridized carbons (Fsp3) is 1.00. The van der Waals surface area contributed by atoms with Gasteiger partial charge < -0.3 is 14.6 Å². The molecule has 2 N–H and O–H groups in total. The Morgan fingerprint density at radius 3 is 0.864 bits per heavy atom. The molecule has 2 radical (unpaired) electrons. The Morgan fingerprint density at radius 2 is 0.727 bits per heavy atom. The van der Waals surface area contributed by atoms with Gasteiger partial charge in [0.05, 0.1) is 0 Å². The molecule has 0 saturated carbocycles. The summed E-state index contributed by atoms with van der Waals surface area (Å²) >= 11 is 0. The lowest BCUT2D eigenvalue weighted by atomic mass is 10.0. The number of unbranched alkanes of at least 4 members (excludes halogenated alkanes) is 14. The van der Waals surface area contributed by atoms with Crippen molar-refractivity contribution in [1.29, 1.82) is 0 Å². The first-order valence-electron chi connectivity index (χ1n) is 9.40. The molecule has 0 aromatic heterocycles. The molecule has 0 aromatic carbocycles. The van der Waals surface area contributed by atoms with Gasteiger partial charge in [-0.2, -0.15) is 0 Å². The minimum atomic E-state index is 0.375. The molecule has 0 saturated heterocycles. The summed E-state index contributed by atoms with van der Waals surface area (Å²) in [6, 6.07) is 0. The van der Waals surface area contributed by atoms with Crippen molar-refractivity contribution in [3.63, 3.8) is 0 Å². The molecule has 3 nitrogen and oxygen atoms in total. The normalized spacial score (nSPS) is 10.0. The van der Waals surface area contributed by atoms with Gasteiger partial charge in [0.2, 0.25) is 0 Å². The van der Waals surface area contributed by atoms with Crippen molar-refractivity contribution in [3.8, 4) is 0 Å². The highest BCUT2D eigenvalue weighted by molar-refractivity contribution is 6.32. The second-order valence-electron chi connectivity index (χ2n) is 5.94. The van der Waals surface area contributed by atoms with Crippen LogP contribution in [0.3, 0.4) is 0 Å². The average Bonchev–Trinajstić information content (AvgIpc) is 2.53. The Morgan fingerprint density at radius 1 is 0.500 bits per heavy atom. The van der Waals surface area contributed by atoms with Crippen LogP contribution in [0.1, 0.15) is 110 Å². The molecular weight excluding hydrogens is 274 g/mol. The summed E-state index contributed by atoms with van der Waals surface area (Å²) in [5.41, 5.74) is 0. The van der Waals surface area contributed by atoms with Crippen LogP contribution < -0.4 is 0 Å². The van der Waals surface area contributed by atoms with Crippen LogP contribution in [0.5, 0.6) is 0 Å². The van der Waals surface area contributed by atoms with Crippen molar-refractivity contribution < 1.29 is 14.6 Å². The highest BCUT2D eigenvalue weighted by Crippen LogP contribution is 2.13. The predicted octanol–water partition coefficient (Wildman–Crippen LogP) is 4.93. The van der Waals surface area contributed by atoms with Crippen LogP contribution >= 0.6 is 0 Å². The Balaban J connectivity index is 0. The molecule has 0 aliphatic heterocycles. The van der Waals surface area contributed by atoms with Gasteiger partial charge in [-0.15, -0.1) is 0 Å². The standard InChI is InChI=1S/C17H36.B2H2O3/c1-3-5-7-9-11-13-15-17-16-14-12-10-8-6-4-2;3-1-5-2-4/h3-17H2,1-2H3;3-4H. The van der Waals surface area contributed by atoms with Crippen LogP contribution in [-0.4, -0.2) is 25.4 Å². The van der Waals surface area contributed by atoms with Crippen molar-refractivity contribution >= 4 is 15.4 Å². The summed E-state index contributed by atoms with van der Waals surface area (Å²) in [7, 11) is 0.750. The molecule has 0 rings (SSSR count). The lowest BCUT2D eigenvalue weighted by Crippen LogP contribution is -2.00. The van der Waals surface area contributed by atoms with E-state index in [4.69, 9.17) is 10.0 Å². The van der Waals surface area contributed by atoms with E-state index < -0.39 is 0 Å². The summed E-state index contributed by atoms with van der Waals surface area (Å²) in [4.78, 5) is 0. The van der Waals surface area contributed by atoms with Gasteiger partial charge >= 0.3 is 15.4 Å². The van der Waals surface area contributed by atoms with Gasteiger partial charge in [0.1, 0.15) is 0 Å². The molecule has 0 bridgehead atoms. The molecule has 22 heavy (non-hydrogen) atoms. The summed E-state index contributed by atoms with van der Waals surface area (Å²) in [6.45, 7) is 4.58. The van der Waals surface area contributed by atoms with Gasteiger partial charge in [-0.05, 0) is 0 Å². The van der Waals surface area contributed by atoms with Crippen LogP contribution in [0.2, 0.25) is 0 Å². The van der Waals surface area contributed by atoms with E-state index in [-0.39, 0.29) is 0 Å². The van der Waals surface area contributed by atoms with E-state index in [0.29, 0.717) is 15.4 Å². The number of hydrogen-bond acceptors (Lipinski definition) is 3. The zero-order valence-corrected chi connectivity index (χ0v) is 15.1. The molecule has 0 fully saturated rings. The number of rotatable bonds is 16. The van der Waals surface area contributed by atoms with Crippen LogP contribution in [0.4, 0.5) is 0 Å². The fourth-order valence-corrected chi connectivity index (χ4v) is 2.47. The van der Waals surface area contributed by atoms with E-state index >= 15 is 0 Å². The van der Waals surface area contributed by atoms with Crippen molar-refractivity contribution in [3.05, 3.63) is 0 Å². The Kier molecular flexibility index (Phi) is 28.6. The average molecular weight is 312 g/mol. The van der Waals surface area contributed by atoms with Gasteiger partial charge in [0.25, 0.3) is 0 Å². The number of hydrogen-bond donors (Lipinski definition) is 2. The molecule has 0 atom stereocenters. The minimum Gasteiger partial charge on any atom is -0.456 e. The third kappa shape index (κ3) is 28.2. The van der Waals surface area contributed by atoms with Gasteiger partial charge in [-0.25, -0.2) is 0 Å². The first kappa shape index (κ1) is 24.3. The van der Waals surface area contributed by atoms with Crippen molar-refractivity contribution in [2.24, 2.45) is 0 Å². The van der Waals surface area contributed by atoms with Crippen molar-refractivity contribution in [2.75, 3.05) is 0 Å². The van der Waals surface area contributed by atoms with Gasteiger partial charge in [-0.1, -0.05) is 110 Å². The van der Waals surface area contributed by atoms with Gasteiger partial charge in [-0.3, -0.25) is 0 Å². The second-order valence-corrected chi connectivity index (χ2v) is 5.94. The topological polar surface area (TPSA) is 49.7 Å². The molecule has 0 spiro atoms. The molecule has 130 valence electrons. The summed E-state index contributed by atoms with van der Waals surface area (Å²) in [5.74, 6) is 0. The molecule has 0 amide bonds. The lowest BCUT2D eigenvalue weighted by Gasteiger charge is -2.02. The van der Waals surface area contributed by atoms with E-state index in [0.717, 1.165) is 0 Å². The third-order valence-corrected chi connectivity index (χ3v) is 3.83. The maximum absolute atomic E-state index is 7.53. The largest absolute Gasteiger partial charge is 0.469 e. The Bertz CT molecular complexity index is 156. The van der Waals surface area contributed by atoms with E-state index in [1.54, 1.807) is 0 Å². The van der Waals surface area contributed by atoms with E-state index in [1.165, 1.54) is 96.3 Å². The first-order valence-corrected chi connectivity index (χ1v) is 9.40. The van der Waals surface area contributed by atoms with Crippen molar-refractivity contribution in [1.82, 2.24) is 0 Å². The predicted molar refractivity (Wildman–Crippen MR) is 97.6 cm³/mol. The van der Waals surface area contributed by atoms with Crippen LogP contribution in [-0.2, 0) is 4.57 Å². The van der Waals surface area contributed by atoms with E-state index in [9.17, 15) is 0 Å². The zero-order chi connectivity index (χ0) is 16.7. The third-order valence-electron chi connectivity index (χ3n) is 3.83. The maximum atomic E-state index is 7.53. The van der Waals surface area contributed by atoms with E-state index in [1.807, 2.05) is 0 Å². The lowest BCUT2D eigenvalue weighted by molar-refractivity contribution is 0.408.